The molecule has 0 amide bonds. The van der Waals surface area contributed by atoms with Gasteiger partial charge in [0.2, 0.25) is 5.95 Å². The minimum atomic E-state index is 0.0691. The summed E-state index contributed by atoms with van der Waals surface area (Å²) in [6.07, 6.45) is 12.4. The van der Waals surface area contributed by atoms with E-state index in [9.17, 15) is 4.79 Å². The van der Waals surface area contributed by atoms with Crippen molar-refractivity contribution in [1.82, 2.24) is 9.97 Å². The Balaban J connectivity index is 1.64. The van der Waals surface area contributed by atoms with Crippen LogP contribution in [0.3, 0.4) is 0 Å². The number of hydrogen-bond donors (Lipinski definition) is 1. The van der Waals surface area contributed by atoms with Gasteiger partial charge in [0.1, 0.15) is 0 Å². The van der Waals surface area contributed by atoms with Crippen LogP contribution in [0.25, 0.3) is 0 Å². The van der Waals surface area contributed by atoms with Gasteiger partial charge in [-0.3, -0.25) is 4.79 Å². The Morgan fingerprint density at radius 3 is 2.52 bits per heavy atom. The number of nitrogens with one attached hydrogen (secondary N) is 1. The molecule has 2 saturated carbocycles. The van der Waals surface area contributed by atoms with Crippen molar-refractivity contribution in [2.75, 3.05) is 19.0 Å². The van der Waals surface area contributed by atoms with Gasteiger partial charge in [0.25, 0.3) is 0 Å². The van der Waals surface area contributed by atoms with E-state index in [1.54, 1.807) is 20.2 Å². The normalized spacial score (nSPS) is 24.4. The summed E-state index contributed by atoms with van der Waals surface area (Å²) in [5.74, 6) is 2.11. The molecule has 3 rings (SSSR count). The first-order valence-electron chi connectivity index (χ1n) is 9.78. The maximum absolute atomic E-state index is 11.9. The second kappa shape index (κ2) is 8.75. The smallest absolute Gasteiger partial charge is 0.223 e. The lowest BCUT2D eigenvalue weighted by Gasteiger charge is -2.28. The number of carbonyl (C=O) groups excluding carboxylic acids is 1. The molecule has 1 aromatic heterocycles. The standard InChI is InChI=1S/C20H31N3O2/c1-14(24)18-12-21-20(23-19(18)11-15-5-3-4-6-15)22-17-9-7-16(8-10-17)13-25-2/h12,15-17H,3-11,13H2,1-2H3,(H,21,22,23). The number of ether oxygens (including phenoxy) is 1. The molecule has 0 aliphatic heterocycles. The Labute approximate surface area is 151 Å². The Kier molecular flexibility index (Phi) is 6.40. The Morgan fingerprint density at radius 1 is 1.16 bits per heavy atom. The second-order valence-corrected chi connectivity index (χ2v) is 7.78. The molecule has 5 heteroatoms. The molecular formula is C20H31N3O2. The highest BCUT2D eigenvalue weighted by Crippen LogP contribution is 2.29. The van der Waals surface area contributed by atoms with E-state index in [1.165, 1.54) is 38.5 Å². The molecule has 25 heavy (non-hydrogen) atoms. The van der Waals surface area contributed by atoms with Crippen LogP contribution in [0, 0.1) is 11.8 Å². The quantitative estimate of drug-likeness (QED) is 0.756. The lowest BCUT2D eigenvalue weighted by Crippen LogP contribution is -2.28. The van der Waals surface area contributed by atoms with Crippen molar-refractivity contribution < 1.29 is 9.53 Å². The maximum Gasteiger partial charge on any atom is 0.223 e. The molecule has 0 aromatic carbocycles. The van der Waals surface area contributed by atoms with E-state index >= 15 is 0 Å². The molecule has 2 aliphatic carbocycles. The first-order valence-corrected chi connectivity index (χ1v) is 9.78. The van der Waals surface area contributed by atoms with E-state index in [-0.39, 0.29) is 5.78 Å². The summed E-state index contributed by atoms with van der Waals surface area (Å²) in [4.78, 5) is 21.1. The van der Waals surface area contributed by atoms with Crippen molar-refractivity contribution >= 4 is 11.7 Å². The molecule has 0 saturated heterocycles. The fourth-order valence-electron chi connectivity index (χ4n) is 4.32. The number of rotatable bonds is 7. The molecule has 1 aromatic rings. The van der Waals surface area contributed by atoms with Crippen LogP contribution in [0.1, 0.15) is 74.3 Å². The van der Waals surface area contributed by atoms with E-state index in [0.717, 1.165) is 31.6 Å². The first-order chi connectivity index (χ1) is 12.2. The van der Waals surface area contributed by atoms with E-state index in [4.69, 9.17) is 9.72 Å². The minimum Gasteiger partial charge on any atom is -0.384 e. The van der Waals surface area contributed by atoms with Crippen molar-refractivity contribution in [2.24, 2.45) is 11.8 Å². The zero-order valence-electron chi connectivity index (χ0n) is 15.6. The Morgan fingerprint density at radius 2 is 1.88 bits per heavy atom. The van der Waals surface area contributed by atoms with E-state index in [2.05, 4.69) is 10.3 Å². The van der Waals surface area contributed by atoms with Crippen molar-refractivity contribution in [2.45, 2.75) is 70.8 Å². The fraction of sp³-hybridized carbons (Fsp3) is 0.750. The molecule has 1 N–H and O–H groups in total. The van der Waals surface area contributed by atoms with Crippen LogP contribution in [0.15, 0.2) is 6.20 Å². The summed E-state index contributed by atoms with van der Waals surface area (Å²) < 4.78 is 5.27. The van der Waals surface area contributed by atoms with Crippen LogP contribution in [0.2, 0.25) is 0 Å². The zero-order valence-corrected chi connectivity index (χ0v) is 15.6. The number of aromatic nitrogens is 2. The van der Waals surface area contributed by atoms with Gasteiger partial charge in [-0.25, -0.2) is 9.97 Å². The lowest BCUT2D eigenvalue weighted by atomic mass is 9.86. The molecule has 2 aliphatic rings. The van der Waals surface area contributed by atoms with Crippen LogP contribution in [0.5, 0.6) is 0 Å². The molecule has 1 heterocycles. The number of anilines is 1. The average Bonchev–Trinajstić information content (AvgIpc) is 3.10. The minimum absolute atomic E-state index is 0.0691. The van der Waals surface area contributed by atoms with Crippen LogP contribution in [-0.4, -0.2) is 35.5 Å². The van der Waals surface area contributed by atoms with Gasteiger partial charge in [-0.1, -0.05) is 25.7 Å². The largest absolute Gasteiger partial charge is 0.384 e. The van der Waals surface area contributed by atoms with E-state index < -0.39 is 0 Å². The van der Waals surface area contributed by atoms with Crippen LogP contribution < -0.4 is 5.32 Å². The summed E-state index contributed by atoms with van der Waals surface area (Å²) in [5.41, 5.74) is 1.63. The van der Waals surface area contributed by atoms with Gasteiger partial charge in [0.15, 0.2) is 5.78 Å². The zero-order chi connectivity index (χ0) is 17.6. The maximum atomic E-state index is 11.9. The molecule has 5 nitrogen and oxygen atoms in total. The highest BCUT2D eigenvalue weighted by Gasteiger charge is 2.23. The highest BCUT2D eigenvalue weighted by molar-refractivity contribution is 5.94. The first kappa shape index (κ1) is 18.3. The number of carbonyl (C=O) groups is 1. The van der Waals surface area contributed by atoms with E-state index in [0.29, 0.717) is 29.4 Å². The predicted molar refractivity (Wildman–Crippen MR) is 98.9 cm³/mol. The van der Waals surface area contributed by atoms with Crippen LogP contribution in [-0.2, 0) is 11.2 Å². The topological polar surface area (TPSA) is 64.1 Å². The van der Waals surface area contributed by atoms with Gasteiger partial charge in [-0.05, 0) is 50.9 Å². The van der Waals surface area contributed by atoms with Gasteiger partial charge in [0, 0.05) is 26.0 Å². The molecule has 0 atom stereocenters. The van der Waals surface area contributed by atoms with Gasteiger partial charge in [-0.2, -0.15) is 0 Å². The van der Waals surface area contributed by atoms with Crippen molar-refractivity contribution in [3.63, 3.8) is 0 Å². The SMILES string of the molecule is COCC1CCC(Nc2ncc(C(C)=O)c(CC3CCCC3)n2)CC1. The molecule has 2 fully saturated rings. The number of hydrogen-bond acceptors (Lipinski definition) is 5. The monoisotopic (exact) mass is 345 g/mol. The summed E-state index contributed by atoms with van der Waals surface area (Å²) in [6, 6.07) is 0.426. The summed E-state index contributed by atoms with van der Waals surface area (Å²) >= 11 is 0. The van der Waals surface area contributed by atoms with Gasteiger partial charge >= 0.3 is 0 Å². The predicted octanol–water partition coefficient (Wildman–Crippen LogP) is 4.03. The Bertz CT molecular complexity index is 576. The van der Waals surface area contributed by atoms with Gasteiger partial charge < -0.3 is 10.1 Å². The molecule has 0 unspecified atom stereocenters. The van der Waals surface area contributed by atoms with Gasteiger partial charge in [0.05, 0.1) is 11.3 Å². The second-order valence-electron chi connectivity index (χ2n) is 7.78. The van der Waals surface area contributed by atoms with Crippen molar-refractivity contribution in [3.05, 3.63) is 17.5 Å². The summed E-state index contributed by atoms with van der Waals surface area (Å²) in [7, 11) is 1.78. The van der Waals surface area contributed by atoms with Crippen molar-refractivity contribution in [3.8, 4) is 0 Å². The third-order valence-corrected chi connectivity index (χ3v) is 5.79. The van der Waals surface area contributed by atoms with Crippen LogP contribution >= 0.6 is 0 Å². The highest BCUT2D eigenvalue weighted by atomic mass is 16.5. The Hall–Kier alpha value is -1.49. The molecular weight excluding hydrogens is 314 g/mol. The third-order valence-electron chi connectivity index (χ3n) is 5.79. The van der Waals surface area contributed by atoms with Crippen molar-refractivity contribution in [1.29, 1.82) is 0 Å². The lowest BCUT2D eigenvalue weighted by molar-refractivity contribution is 0.101. The summed E-state index contributed by atoms with van der Waals surface area (Å²) in [5, 5.41) is 3.50. The number of methoxy groups -OCH3 is 1. The molecule has 138 valence electrons. The molecule has 0 radical (unpaired) electrons. The van der Waals surface area contributed by atoms with E-state index in [1.807, 2.05) is 0 Å². The number of ketones is 1. The molecule has 0 bridgehead atoms. The number of nitrogens with zero attached hydrogens (tertiary/aromatic N) is 2. The average molecular weight is 345 g/mol. The molecule has 0 spiro atoms. The van der Waals surface area contributed by atoms with Crippen LogP contribution in [0.4, 0.5) is 5.95 Å². The fourth-order valence-corrected chi connectivity index (χ4v) is 4.32. The number of Topliss-reactive ketones (excluding diaryl/α,β-unsaturated/α-hetero) is 1. The summed E-state index contributed by atoms with van der Waals surface area (Å²) in [6.45, 7) is 2.48. The van der Waals surface area contributed by atoms with Gasteiger partial charge in [-0.15, -0.1) is 0 Å². The third kappa shape index (κ3) is 5.00.